The molecular formula is C17H19FN2O3S. The van der Waals surface area contributed by atoms with Crippen molar-refractivity contribution in [1.82, 2.24) is 5.32 Å². The first-order valence-electron chi connectivity index (χ1n) is 7.44. The third-order valence-corrected chi connectivity index (χ3v) is 4.99. The van der Waals surface area contributed by atoms with Crippen LogP contribution in [-0.2, 0) is 14.8 Å². The minimum atomic E-state index is -4.22. The predicted octanol–water partition coefficient (Wildman–Crippen LogP) is 2.55. The van der Waals surface area contributed by atoms with Gasteiger partial charge in [-0.25, -0.2) is 12.8 Å². The third kappa shape index (κ3) is 4.11. The summed E-state index contributed by atoms with van der Waals surface area (Å²) in [7, 11) is -4.22. The lowest BCUT2D eigenvalue weighted by molar-refractivity contribution is -0.120. The first kappa shape index (κ1) is 17.9. The summed E-state index contributed by atoms with van der Waals surface area (Å²) in [5, 5.41) is 2.64. The number of nitrogens with one attached hydrogen (secondary N) is 1. The second-order valence-electron chi connectivity index (χ2n) is 5.50. The Morgan fingerprint density at radius 2 is 1.67 bits per heavy atom. The van der Waals surface area contributed by atoms with Crippen LogP contribution in [0.1, 0.15) is 13.8 Å². The number of carbonyl (C=O) groups is 1. The van der Waals surface area contributed by atoms with Crippen molar-refractivity contribution in [3.05, 3.63) is 60.4 Å². The summed E-state index contributed by atoms with van der Waals surface area (Å²) in [5.74, 6) is -1.32. The van der Waals surface area contributed by atoms with Crippen molar-refractivity contribution in [2.75, 3.05) is 10.8 Å². The fourth-order valence-electron chi connectivity index (χ4n) is 2.18. The zero-order valence-electron chi connectivity index (χ0n) is 13.4. The number of hydrogen-bond acceptors (Lipinski definition) is 3. The molecule has 24 heavy (non-hydrogen) atoms. The van der Waals surface area contributed by atoms with Crippen molar-refractivity contribution in [3.8, 4) is 0 Å². The first-order chi connectivity index (χ1) is 11.3. The SMILES string of the molecule is CC(C)NC(=O)CN(c1ccccc1)S(=O)(=O)c1ccccc1F. The van der Waals surface area contributed by atoms with Gasteiger partial charge in [0.15, 0.2) is 0 Å². The zero-order valence-corrected chi connectivity index (χ0v) is 14.3. The standard InChI is InChI=1S/C17H19FN2O3S/c1-13(2)19-17(21)12-20(14-8-4-3-5-9-14)24(22,23)16-11-7-6-10-15(16)18/h3-11,13H,12H2,1-2H3,(H,19,21). The van der Waals surface area contributed by atoms with Gasteiger partial charge in [-0.15, -0.1) is 0 Å². The number of para-hydroxylation sites is 1. The molecular weight excluding hydrogens is 331 g/mol. The fraction of sp³-hybridized carbons (Fsp3) is 0.235. The average molecular weight is 350 g/mol. The molecule has 0 radical (unpaired) electrons. The average Bonchev–Trinajstić information content (AvgIpc) is 2.53. The monoisotopic (exact) mass is 350 g/mol. The highest BCUT2D eigenvalue weighted by atomic mass is 32.2. The molecule has 0 aliphatic carbocycles. The van der Waals surface area contributed by atoms with Gasteiger partial charge in [0.2, 0.25) is 5.91 Å². The lowest BCUT2D eigenvalue weighted by atomic mass is 10.3. The summed E-state index contributed by atoms with van der Waals surface area (Å²) in [6, 6.07) is 13.1. The number of benzene rings is 2. The highest BCUT2D eigenvalue weighted by Crippen LogP contribution is 2.24. The van der Waals surface area contributed by atoms with Crippen LogP contribution < -0.4 is 9.62 Å². The smallest absolute Gasteiger partial charge is 0.267 e. The highest BCUT2D eigenvalue weighted by Gasteiger charge is 2.29. The summed E-state index contributed by atoms with van der Waals surface area (Å²) >= 11 is 0. The van der Waals surface area contributed by atoms with E-state index in [1.165, 1.54) is 18.2 Å². The Kier molecular flexibility index (Phi) is 5.56. The molecule has 2 rings (SSSR count). The molecule has 2 aromatic rings. The van der Waals surface area contributed by atoms with Gasteiger partial charge in [0.1, 0.15) is 17.3 Å². The van der Waals surface area contributed by atoms with Crippen LogP contribution in [0, 0.1) is 5.82 Å². The van der Waals surface area contributed by atoms with Gasteiger partial charge in [-0.2, -0.15) is 0 Å². The molecule has 0 aliphatic heterocycles. The van der Waals surface area contributed by atoms with Gasteiger partial charge in [-0.05, 0) is 38.1 Å². The van der Waals surface area contributed by atoms with Gasteiger partial charge in [0, 0.05) is 6.04 Å². The van der Waals surface area contributed by atoms with Crippen molar-refractivity contribution in [2.45, 2.75) is 24.8 Å². The summed E-state index contributed by atoms with van der Waals surface area (Å²) in [5.41, 5.74) is 0.291. The minimum Gasteiger partial charge on any atom is -0.352 e. The molecule has 1 N–H and O–H groups in total. The van der Waals surface area contributed by atoms with Crippen LogP contribution in [0.4, 0.5) is 10.1 Å². The zero-order chi connectivity index (χ0) is 17.7. The second-order valence-corrected chi connectivity index (χ2v) is 7.33. The van der Waals surface area contributed by atoms with Crippen molar-refractivity contribution in [3.63, 3.8) is 0 Å². The molecule has 128 valence electrons. The van der Waals surface area contributed by atoms with Gasteiger partial charge in [0.05, 0.1) is 5.69 Å². The van der Waals surface area contributed by atoms with Crippen molar-refractivity contribution >= 4 is 21.6 Å². The molecule has 0 heterocycles. The van der Waals surface area contributed by atoms with E-state index in [1.54, 1.807) is 44.2 Å². The number of rotatable bonds is 6. The van der Waals surface area contributed by atoms with Crippen LogP contribution in [-0.4, -0.2) is 26.9 Å². The number of sulfonamides is 1. The molecule has 0 bridgehead atoms. The van der Waals surface area contributed by atoms with E-state index < -0.39 is 33.2 Å². The van der Waals surface area contributed by atoms with E-state index in [4.69, 9.17) is 0 Å². The molecule has 5 nitrogen and oxygen atoms in total. The molecule has 0 fully saturated rings. The Morgan fingerprint density at radius 3 is 2.25 bits per heavy atom. The number of nitrogens with zero attached hydrogens (tertiary/aromatic N) is 1. The maximum absolute atomic E-state index is 14.0. The summed E-state index contributed by atoms with van der Waals surface area (Å²) in [6.07, 6.45) is 0. The molecule has 2 aromatic carbocycles. The Morgan fingerprint density at radius 1 is 1.08 bits per heavy atom. The lowest BCUT2D eigenvalue weighted by Gasteiger charge is -2.24. The number of carbonyl (C=O) groups excluding carboxylic acids is 1. The van der Waals surface area contributed by atoms with Crippen molar-refractivity contribution in [1.29, 1.82) is 0 Å². The number of halogens is 1. The lowest BCUT2D eigenvalue weighted by Crippen LogP contribution is -2.43. The van der Waals surface area contributed by atoms with E-state index in [-0.39, 0.29) is 6.04 Å². The van der Waals surface area contributed by atoms with Crippen LogP contribution in [0.5, 0.6) is 0 Å². The van der Waals surface area contributed by atoms with Crippen LogP contribution in [0.2, 0.25) is 0 Å². The van der Waals surface area contributed by atoms with E-state index in [9.17, 15) is 17.6 Å². The summed E-state index contributed by atoms with van der Waals surface area (Å²) in [6.45, 7) is 3.12. The quantitative estimate of drug-likeness (QED) is 0.871. The number of anilines is 1. The second kappa shape index (κ2) is 7.44. The Bertz CT molecular complexity index is 808. The third-order valence-electron chi connectivity index (χ3n) is 3.19. The molecule has 0 spiro atoms. The van der Waals surface area contributed by atoms with Gasteiger partial charge < -0.3 is 5.32 Å². The fourth-order valence-corrected chi connectivity index (χ4v) is 3.67. The Labute approximate surface area is 141 Å². The van der Waals surface area contributed by atoms with E-state index in [1.807, 2.05) is 0 Å². The van der Waals surface area contributed by atoms with Crippen LogP contribution in [0.25, 0.3) is 0 Å². The molecule has 0 aromatic heterocycles. The van der Waals surface area contributed by atoms with Crippen LogP contribution >= 0.6 is 0 Å². The van der Waals surface area contributed by atoms with E-state index in [0.29, 0.717) is 5.69 Å². The summed E-state index contributed by atoms with van der Waals surface area (Å²) < 4.78 is 40.7. The van der Waals surface area contributed by atoms with E-state index >= 15 is 0 Å². The van der Waals surface area contributed by atoms with Crippen LogP contribution in [0.15, 0.2) is 59.5 Å². The molecule has 0 saturated carbocycles. The predicted molar refractivity (Wildman–Crippen MR) is 90.7 cm³/mol. The topological polar surface area (TPSA) is 66.5 Å². The van der Waals surface area contributed by atoms with E-state index in [2.05, 4.69) is 5.32 Å². The largest absolute Gasteiger partial charge is 0.352 e. The van der Waals surface area contributed by atoms with Crippen molar-refractivity contribution in [2.24, 2.45) is 0 Å². The molecule has 0 atom stereocenters. The van der Waals surface area contributed by atoms with Crippen LogP contribution in [0.3, 0.4) is 0 Å². The molecule has 0 aliphatic rings. The Hall–Kier alpha value is -2.41. The number of hydrogen-bond donors (Lipinski definition) is 1. The molecule has 0 saturated heterocycles. The molecule has 7 heteroatoms. The van der Waals surface area contributed by atoms with Gasteiger partial charge >= 0.3 is 0 Å². The maximum atomic E-state index is 14.0. The van der Waals surface area contributed by atoms with Gasteiger partial charge in [0.25, 0.3) is 10.0 Å². The van der Waals surface area contributed by atoms with Gasteiger partial charge in [-0.3, -0.25) is 9.10 Å². The minimum absolute atomic E-state index is 0.133. The van der Waals surface area contributed by atoms with Crippen molar-refractivity contribution < 1.29 is 17.6 Å². The normalized spacial score (nSPS) is 11.3. The Balaban J connectivity index is 2.46. The number of amides is 1. The summed E-state index contributed by atoms with van der Waals surface area (Å²) in [4.78, 5) is 11.6. The molecule has 0 unspecified atom stereocenters. The highest BCUT2D eigenvalue weighted by molar-refractivity contribution is 7.92. The maximum Gasteiger partial charge on any atom is 0.267 e. The first-order valence-corrected chi connectivity index (χ1v) is 8.88. The van der Waals surface area contributed by atoms with Gasteiger partial charge in [-0.1, -0.05) is 30.3 Å². The van der Waals surface area contributed by atoms with E-state index in [0.717, 1.165) is 10.4 Å². The molecule has 1 amide bonds.